The normalized spacial score (nSPS) is 10.0. The van der Waals surface area contributed by atoms with E-state index in [0.29, 0.717) is 12.0 Å². The topological polar surface area (TPSA) is 71.1 Å². The second kappa shape index (κ2) is 7.87. The lowest BCUT2D eigenvalue weighted by atomic mass is 10.1. The Labute approximate surface area is 127 Å². The summed E-state index contributed by atoms with van der Waals surface area (Å²) in [5, 5.41) is 4.95. The lowest BCUT2D eigenvalue weighted by molar-refractivity contribution is -0.139. The number of pyridine rings is 1. The van der Waals surface area contributed by atoms with Crippen molar-refractivity contribution in [3.63, 3.8) is 0 Å². The summed E-state index contributed by atoms with van der Waals surface area (Å²) in [6.45, 7) is 0.424. The van der Waals surface area contributed by atoms with Crippen LogP contribution in [0.1, 0.15) is 11.1 Å². The molecule has 6 heteroatoms. The van der Waals surface area contributed by atoms with E-state index in [-0.39, 0.29) is 18.9 Å². The van der Waals surface area contributed by atoms with Crippen molar-refractivity contribution in [1.29, 1.82) is 0 Å². The average Bonchev–Trinajstić information content (AvgIpc) is 2.55. The number of aromatic nitrogens is 1. The summed E-state index contributed by atoms with van der Waals surface area (Å²) in [5.74, 6) is -1.78. The zero-order valence-electron chi connectivity index (χ0n) is 11.9. The SMILES string of the molecule is O=C(NCCc1ccccc1F)C(=O)NCc1cccnc1. The molecule has 0 aliphatic heterocycles. The highest BCUT2D eigenvalue weighted by Gasteiger charge is 2.12. The molecule has 0 bridgehead atoms. The third kappa shape index (κ3) is 4.66. The molecule has 22 heavy (non-hydrogen) atoms. The molecule has 2 N–H and O–H groups in total. The van der Waals surface area contributed by atoms with Crippen molar-refractivity contribution < 1.29 is 14.0 Å². The molecule has 1 heterocycles. The van der Waals surface area contributed by atoms with E-state index in [2.05, 4.69) is 15.6 Å². The number of benzene rings is 1. The third-order valence-corrected chi connectivity index (χ3v) is 3.02. The smallest absolute Gasteiger partial charge is 0.309 e. The van der Waals surface area contributed by atoms with Crippen LogP contribution in [-0.4, -0.2) is 23.3 Å². The first-order valence-electron chi connectivity index (χ1n) is 6.85. The molecule has 0 saturated carbocycles. The Morgan fingerprint density at radius 3 is 2.55 bits per heavy atom. The van der Waals surface area contributed by atoms with E-state index in [9.17, 15) is 14.0 Å². The summed E-state index contributed by atoms with van der Waals surface area (Å²) in [6, 6.07) is 9.87. The Hall–Kier alpha value is -2.76. The molecule has 2 amide bonds. The minimum absolute atomic E-state index is 0.195. The summed E-state index contributed by atoms with van der Waals surface area (Å²) >= 11 is 0. The van der Waals surface area contributed by atoms with Crippen molar-refractivity contribution in [2.75, 3.05) is 6.54 Å². The quantitative estimate of drug-likeness (QED) is 0.815. The van der Waals surface area contributed by atoms with Crippen molar-refractivity contribution in [2.45, 2.75) is 13.0 Å². The highest BCUT2D eigenvalue weighted by molar-refractivity contribution is 6.35. The number of rotatable bonds is 5. The molecule has 0 aliphatic carbocycles. The molecule has 2 rings (SSSR count). The maximum absolute atomic E-state index is 13.4. The van der Waals surface area contributed by atoms with Crippen LogP contribution in [0.5, 0.6) is 0 Å². The van der Waals surface area contributed by atoms with E-state index in [4.69, 9.17) is 0 Å². The standard InChI is InChI=1S/C16H16FN3O2/c17-14-6-2-1-5-13(14)7-9-19-15(21)16(22)20-11-12-4-3-8-18-10-12/h1-6,8,10H,7,9,11H2,(H,19,21)(H,20,22). The Kier molecular flexibility index (Phi) is 5.59. The van der Waals surface area contributed by atoms with Crippen LogP contribution in [0, 0.1) is 5.82 Å². The molecule has 5 nitrogen and oxygen atoms in total. The number of carbonyl (C=O) groups is 2. The van der Waals surface area contributed by atoms with Gasteiger partial charge in [0.2, 0.25) is 0 Å². The average molecular weight is 301 g/mol. The summed E-state index contributed by atoms with van der Waals surface area (Å²) in [4.78, 5) is 27.1. The second-order valence-corrected chi connectivity index (χ2v) is 4.64. The number of halogens is 1. The molecule has 0 atom stereocenters. The Morgan fingerprint density at radius 2 is 1.82 bits per heavy atom. The van der Waals surface area contributed by atoms with Gasteiger partial charge in [-0.15, -0.1) is 0 Å². The van der Waals surface area contributed by atoms with Gasteiger partial charge in [-0.1, -0.05) is 24.3 Å². The predicted octanol–water partition coefficient (Wildman–Crippen LogP) is 1.20. The molecule has 2 aromatic rings. The van der Waals surface area contributed by atoms with E-state index in [1.54, 1.807) is 42.7 Å². The van der Waals surface area contributed by atoms with Crippen LogP contribution in [0.25, 0.3) is 0 Å². The number of amides is 2. The number of nitrogens with one attached hydrogen (secondary N) is 2. The van der Waals surface area contributed by atoms with Crippen molar-refractivity contribution >= 4 is 11.8 Å². The lowest BCUT2D eigenvalue weighted by Gasteiger charge is -2.07. The molecule has 0 aliphatic rings. The lowest BCUT2D eigenvalue weighted by Crippen LogP contribution is -2.40. The fourth-order valence-electron chi connectivity index (χ4n) is 1.86. The van der Waals surface area contributed by atoms with Crippen LogP contribution in [0.4, 0.5) is 4.39 Å². The van der Waals surface area contributed by atoms with Crippen LogP contribution >= 0.6 is 0 Å². The van der Waals surface area contributed by atoms with Crippen LogP contribution in [0.2, 0.25) is 0 Å². The first kappa shape index (κ1) is 15.6. The van der Waals surface area contributed by atoms with Crippen molar-refractivity contribution in [2.24, 2.45) is 0 Å². The van der Waals surface area contributed by atoms with Gasteiger partial charge >= 0.3 is 11.8 Å². The monoisotopic (exact) mass is 301 g/mol. The minimum Gasteiger partial charge on any atom is -0.348 e. The van der Waals surface area contributed by atoms with Gasteiger partial charge in [0.25, 0.3) is 0 Å². The van der Waals surface area contributed by atoms with Gasteiger partial charge in [0.15, 0.2) is 0 Å². The summed E-state index contributed by atoms with van der Waals surface area (Å²) in [7, 11) is 0. The molecule has 0 fully saturated rings. The van der Waals surface area contributed by atoms with Gasteiger partial charge in [-0.05, 0) is 29.7 Å². The molecular weight excluding hydrogens is 285 g/mol. The molecule has 0 radical (unpaired) electrons. The molecule has 1 aromatic carbocycles. The fraction of sp³-hybridized carbons (Fsp3) is 0.188. The third-order valence-electron chi connectivity index (χ3n) is 3.02. The van der Waals surface area contributed by atoms with Gasteiger partial charge in [0.05, 0.1) is 0 Å². The Balaban J connectivity index is 1.73. The predicted molar refractivity (Wildman–Crippen MR) is 79.2 cm³/mol. The van der Waals surface area contributed by atoms with Gasteiger partial charge in [-0.25, -0.2) is 4.39 Å². The molecule has 0 saturated heterocycles. The first-order chi connectivity index (χ1) is 10.7. The summed E-state index contributed by atoms with van der Waals surface area (Å²) in [6.07, 6.45) is 3.56. The van der Waals surface area contributed by atoms with Gasteiger partial charge in [0.1, 0.15) is 5.82 Å². The highest BCUT2D eigenvalue weighted by atomic mass is 19.1. The number of nitrogens with zero attached hydrogens (tertiary/aromatic N) is 1. The van der Waals surface area contributed by atoms with E-state index in [1.807, 2.05) is 0 Å². The fourth-order valence-corrected chi connectivity index (χ4v) is 1.86. The van der Waals surface area contributed by atoms with Crippen LogP contribution in [-0.2, 0) is 22.6 Å². The number of carbonyl (C=O) groups excluding carboxylic acids is 2. The maximum atomic E-state index is 13.4. The zero-order chi connectivity index (χ0) is 15.8. The van der Waals surface area contributed by atoms with Gasteiger partial charge in [0, 0.05) is 25.5 Å². The summed E-state index contributed by atoms with van der Waals surface area (Å²) < 4.78 is 13.4. The van der Waals surface area contributed by atoms with Gasteiger partial charge in [-0.2, -0.15) is 0 Å². The molecule has 114 valence electrons. The van der Waals surface area contributed by atoms with Gasteiger partial charge in [-0.3, -0.25) is 14.6 Å². The van der Waals surface area contributed by atoms with Crippen LogP contribution in [0.15, 0.2) is 48.8 Å². The second-order valence-electron chi connectivity index (χ2n) is 4.64. The minimum atomic E-state index is -0.736. The maximum Gasteiger partial charge on any atom is 0.309 e. The van der Waals surface area contributed by atoms with Crippen molar-refractivity contribution in [1.82, 2.24) is 15.6 Å². The van der Waals surface area contributed by atoms with E-state index < -0.39 is 11.8 Å². The first-order valence-corrected chi connectivity index (χ1v) is 6.85. The molecule has 1 aromatic heterocycles. The highest BCUT2D eigenvalue weighted by Crippen LogP contribution is 2.06. The van der Waals surface area contributed by atoms with Crippen molar-refractivity contribution in [3.8, 4) is 0 Å². The van der Waals surface area contributed by atoms with Crippen LogP contribution in [0.3, 0.4) is 0 Å². The number of hydrogen-bond donors (Lipinski definition) is 2. The molecule has 0 unspecified atom stereocenters. The van der Waals surface area contributed by atoms with E-state index >= 15 is 0 Å². The largest absolute Gasteiger partial charge is 0.348 e. The zero-order valence-corrected chi connectivity index (χ0v) is 11.9. The van der Waals surface area contributed by atoms with Crippen LogP contribution < -0.4 is 10.6 Å². The molecular formula is C16H16FN3O2. The van der Waals surface area contributed by atoms with E-state index in [1.165, 1.54) is 6.07 Å². The Morgan fingerprint density at radius 1 is 1.05 bits per heavy atom. The number of hydrogen-bond acceptors (Lipinski definition) is 3. The molecule has 0 spiro atoms. The van der Waals surface area contributed by atoms with E-state index in [0.717, 1.165) is 5.56 Å². The Bertz CT molecular complexity index is 647. The van der Waals surface area contributed by atoms with Gasteiger partial charge < -0.3 is 10.6 Å². The summed E-state index contributed by atoms with van der Waals surface area (Å²) in [5.41, 5.74) is 1.30. The van der Waals surface area contributed by atoms with Crippen molar-refractivity contribution in [3.05, 3.63) is 65.7 Å².